The number of halogens is 3. The van der Waals surface area contributed by atoms with Crippen LogP contribution in [-0.4, -0.2) is 5.91 Å². The Bertz CT molecular complexity index is 1120. The van der Waals surface area contributed by atoms with Crippen LogP contribution in [0.5, 0.6) is 5.75 Å². The van der Waals surface area contributed by atoms with E-state index in [1.165, 1.54) is 30.3 Å². The number of nitrogens with one attached hydrogen (secondary N) is 1. The second kappa shape index (κ2) is 9.93. The maximum Gasteiger partial charge on any atom is 0.266 e. The number of carbonyl (C=O) groups is 1. The van der Waals surface area contributed by atoms with Gasteiger partial charge in [-0.25, -0.2) is 4.39 Å². The molecular weight excluding hydrogens is 426 g/mol. The highest BCUT2D eigenvalue weighted by Crippen LogP contribution is 2.24. The van der Waals surface area contributed by atoms with Crippen molar-refractivity contribution in [2.24, 2.45) is 0 Å². The van der Waals surface area contributed by atoms with Crippen molar-refractivity contribution in [3.63, 3.8) is 0 Å². The van der Waals surface area contributed by atoms with E-state index in [0.717, 1.165) is 5.56 Å². The molecule has 1 N–H and O–H groups in total. The first kappa shape index (κ1) is 21.4. The third kappa shape index (κ3) is 5.84. The molecule has 4 nitrogen and oxygen atoms in total. The van der Waals surface area contributed by atoms with Gasteiger partial charge in [-0.05, 0) is 65.7 Å². The van der Waals surface area contributed by atoms with Crippen LogP contribution >= 0.6 is 23.2 Å². The Labute approximate surface area is 183 Å². The first-order valence-corrected chi connectivity index (χ1v) is 9.56. The average molecular weight is 441 g/mol. The average Bonchev–Trinajstić information content (AvgIpc) is 2.75. The van der Waals surface area contributed by atoms with Crippen LogP contribution in [0.3, 0.4) is 0 Å². The molecule has 0 saturated carbocycles. The topological polar surface area (TPSA) is 62.1 Å². The van der Waals surface area contributed by atoms with Crippen molar-refractivity contribution in [2.75, 3.05) is 5.32 Å². The van der Waals surface area contributed by atoms with Gasteiger partial charge in [-0.3, -0.25) is 4.79 Å². The quantitative estimate of drug-likeness (QED) is 0.363. The molecule has 0 aliphatic rings. The largest absolute Gasteiger partial charge is 0.489 e. The van der Waals surface area contributed by atoms with E-state index in [1.54, 1.807) is 36.4 Å². The van der Waals surface area contributed by atoms with Crippen LogP contribution in [0.1, 0.15) is 11.1 Å². The van der Waals surface area contributed by atoms with Gasteiger partial charge in [0.25, 0.3) is 5.91 Å². The van der Waals surface area contributed by atoms with Crippen molar-refractivity contribution in [1.29, 1.82) is 5.26 Å². The van der Waals surface area contributed by atoms with Gasteiger partial charge in [-0.1, -0.05) is 41.4 Å². The monoisotopic (exact) mass is 440 g/mol. The minimum Gasteiger partial charge on any atom is -0.489 e. The van der Waals surface area contributed by atoms with E-state index in [2.05, 4.69) is 5.32 Å². The second-order valence-electron chi connectivity index (χ2n) is 6.24. The Hall–Kier alpha value is -3.33. The van der Waals surface area contributed by atoms with E-state index in [1.807, 2.05) is 12.1 Å². The van der Waals surface area contributed by atoms with Crippen LogP contribution in [0.2, 0.25) is 10.0 Å². The van der Waals surface area contributed by atoms with Crippen LogP contribution in [0.15, 0.2) is 72.3 Å². The van der Waals surface area contributed by atoms with Gasteiger partial charge >= 0.3 is 0 Å². The number of nitriles is 1. The molecule has 0 aliphatic carbocycles. The molecule has 0 atom stereocenters. The van der Waals surface area contributed by atoms with Crippen molar-refractivity contribution in [3.8, 4) is 11.8 Å². The Balaban J connectivity index is 1.64. The molecule has 7 heteroatoms. The molecule has 3 aromatic carbocycles. The molecule has 3 rings (SSSR count). The number of nitrogens with zero attached hydrogens (tertiary/aromatic N) is 1. The number of anilines is 1. The Morgan fingerprint density at radius 1 is 1.03 bits per heavy atom. The van der Waals surface area contributed by atoms with Crippen LogP contribution in [-0.2, 0) is 11.4 Å². The van der Waals surface area contributed by atoms with E-state index in [9.17, 15) is 14.4 Å². The lowest BCUT2D eigenvalue weighted by atomic mass is 10.1. The van der Waals surface area contributed by atoms with Gasteiger partial charge in [-0.15, -0.1) is 0 Å². The lowest BCUT2D eigenvalue weighted by Gasteiger charge is -2.08. The Morgan fingerprint density at radius 3 is 2.37 bits per heavy atom. The summed E-state index contributed by atoms with van der Waals surface area (Å²) in [5, 5.41) is 12.8. The molecule has 1 amide bonds. The summed E-state index contributed by atoms with van der Waals surface area (Å²) in [5.41, 5.74) is 1.85. The van der Waals surface area contributed by atoms with E-state index >= 15 is 0 Å². The van der Waals surface area contributed by atoms with Crippen LogP contribution < -0.4 is 10.1 Å². The standard InChI is InChI=1S/C23H15Cl2FN2O2/c24-21-10-3-16(12-22(21)25)14-30-20-8-1-15(2-9-20)11-17(13-27)23(29)28-19-6-4-18(26)5-7-19/h1-12H,14H2,(H,28,29)/b17-11+. The first-order valence-electron chi connectivity index (χ1n) is 8.80. The minimum atomic E-state index is -0.580. The molecular formula is C23H15Cl2FN2O2. The Kier molecular flexibility index (Phi) is 7.08. The summed E-state index contributed by atoms with van der Waals surface area (Å²) in [7, 11) is 0. The molecule has 0 unspecified atom stereocenters. The summed E-state index contributed by atoms with van der Waals surface area (Å²) in [5.74, 6) is -0.373. The zero-order chi connectivity index (χ0) is 21.5. The number of carbonyl (C=O) groups excluding carboxylic acids is 1. The zero-order valence-corrected chi connectivity index (χ0v) is 17.0. The number of amides is 1. The molecule has 150 valence electrons. The maximum absolute atomic E-state index is 13.0. The molecule has 0 heterocycles. The molecule has 0 radical (unpaired) electrons. The van der Waals surface area contributed by atoms with Gasteiger partial charge < -0.3 is 10.1 Å². The number of hydrogen-bond donors (Lipinski definition) is 1. The van der Waals surface area contributed by atoms with Crippen molar-refractivity contribution in [3.05, 3.63) is 99.3 Å². The predicted octanol–water partition coefficient (Wildman–Crippen LogP) is 6.26. The number of hydrogen-bond acceptors (Lipinski definition) is 3. The van der Waals surface area contributed by atoms with Gasteiger partial charge in [0.2, 0.25) is 0 Å². The zero-order valence-electron chi connectivity index (χ0n) is 15.5. The molecule has 0 aliphatic heterocycles. The van der Waals surface area contributed by atoms with Gasteiger partial charge in [0.15, 0.2) is 0 Å². The summed E-state index contributed by atoms with van der Waals surface area (Å²) in [6.07, 6.45) is 1.46. The van der Waals surface area contributed by atoms with Crippen molar-refractivity contribution in [1.82, 2.24) is 0 Å². The summed E-state index contributed by atoms with van der Waals surface area (Å²) in [4.78, 5) is 12.3. The van der Waals surface area contributed by atoms with E-state index in [-0.39, 0.29) is 5.57 Å². The molecule has 30 heavy (non-hydrogen) atoms. The van der Waals surface area contributed by atoms with Crippen molar-refractivity contribution < 1.29 is 13.9 Å². The van der Waals surface area contributed by atoms with E-state index in [4.69, 9.17) is 27.9 Å². The fraction of sp³-hybridized carbons (Fsp3) is 0.0435. The van der Waals surface area contributed by atoms with E-state index in [0.29, 0.717) is 33.7 Å². The van der Waals surface area contributed by atoms with Crippen LogP contribution in [0.4, 0.5) is 10.1 Å². The normalized spacial score (nSPS) is 10.9. The molecule has 0 saturated heterocycles. The smallest absolute Gasteiger partial charge is 0.266 e. The molecule has 0 bridgehead atoms. The Morgan fingerprint density at radius 2 is 1.73 bits per heavy atom. The van der Waals surface area contributed by atoms with Gasteiger partial charge in [0, 0.05) is 5.69 Å². The number of ether oxygens (including phenoxy) is 1. The van der Waals surface area contributed by atoms with Gasteiger partial charge in [0.1, 0.15) is 29.8 Å². The fourth-order valence-electron chi connectivity index (χ4n) is 2.50. The second-order valence-corrected chi connectivity index (χ2v) is 7.05. The van der Waals surface area contributed by atoms with E-state index < -0.39 is 11.7 Å². The molecule has 0 fully saturated rings. The fourth-order valence-corrected chi connectivity index (χ4v) is 2.82. The lowest BCUT2D eigenvalue weighted by molar-refractivity contribution is -0.112. The van der Waals surface area contributed by atoms with Crippen molar-refractivity contribution >= 4 is 40.9 Å². The molecule has 0 aromatic heterocycles. The van der Waals surface area contributed by atoms with Gasteiger partial charge in [-0.2, -0.15) is 5.26 Å². The summed E-state index contributed by atoms with van der Waals surface area (Å²) >= 11 is 11.9. The first-order chi connectivity index (χ1) is 14.4. The predicted molar refractivity (Wildman–Crippen MR) is 116 cm³/mol. The minimum absolute atomic E-state index is 0.0798. The summed E-state index contributed by atoms with van der Waals surface area (Å²) in [6.45, 7) is 0.315. The third-order valence-corrected chi connectivity index (χ3v) is 4.79. The van der Waals surface area contributed by atoms with Crippen LogP contribution in [0.25, 0.3) is 6.08 Å². The van der Waals surface area contributed by atoms with Gasteiger partial charge in [0.05, 0.1) is 10.0 Å². The van der Waals surface area contributed by atoms with Crippen LogP contribution in [0, 0.1) is 17.1 Å². The SMILES string of the molecule is N#C/C(=C\c1ccc(OCc2ccc(Cl)c(Cl)c2)cc1)C(=O)Nc1ccc(F)cc1. The number of benzene rings is 3. The highest BCUT2D eigenvalue weighted by molar-refractivity contribution is 6.42. The third-order valence-electron chi connectivity index (χ3n) is 4.05. The number of rotatable bonds is 6. The highest BCUT2D eigenvalue weighted by atomic mass is 35.5. The van der Waals surface area contributed by atoms with Crippen molar-refractivity contribution in [2.45, 2.75) is 6.61 Å². The summed E-state index contributed by atoms with van der Waals surface area (Å²) in [6, 6.07) is 19.3. The lowest BCUT2D eigenvalue weighted by Crippen LogP contribution is -2.13. The molecule has 3 aromatic rings. The maximum atomic E-state index is 13.0. The molecule has 0 spiro atoms. The highest BCUT2D eigenvalue weighted by Gasteiger charge is 2.10. The summed E-state index contributed by atoms with van der Waals surface area (Å²) < 4.78 is 18.7.